The Morgan fingerprint density at radius 1 is 0.943 bits per heavy atom. The van der Waals surface area contributed by atoms with Crippen molar-refractivity contribution < 1.29 is 59.2 Å². The summed E-state index contributed by atoms with van der Waals surface area (Å²) in [5.74, 6) is -4.00. The molecule has 3 aromatic rings. The highest BCUT2D eigenvalue weighted by molar-refractivity contribution is 5.91. The van der Waals surface area contributed by atoms with E-state index >= 15 is 0 Å². The number of carboxylic acid groups (broad SMARTS) is 1. The average molecular weight is 492 g/mol. The molecule has 0 unspecified atom stereocenters. The zero-order valence-electron chi connectivity index (χ0n) is 17.9. The number of fused-ring (bicyclic) bond motifs is 1. The van der Waals surface area contributed by atoms with E-state index in [2.05, 4.69) is 0 Å². The molecule has 35 heavy (non-hydrogen) atoms. The average Bonchev–Trinajstić information content (AvgIpc) is 2.80. The molecular weight excluding hydrogens is 472 g/mol. The lowest BCUT2D eigenvalue weighted by molar-refractivity contribution is -0.271. The number of methoxy groups -OCH3 is 1. The quantitative estimate of drug-likeness (QED) is 0.247. The van der Waals surface area contributed by atoms with Crippen LogP contribution in [-0.2, 0) is 9.53 Å². The van der Waals surface area contributed by atoms with Gasteiger partial charge in [0, 0.05) is 17.7 Å². The minimum atomic E-state index is -2.00. The van der Waals surface area contributed by atoms with Crippen LogP contribution in [0.25, 0.3) is 22.3 Å². The maximum absolute atomic E-state index is 12.8. The predicted octanol–water partition coefficient (Wildman–Crippen LogP) is -0.144. The van der Waals surface area contributed by atoms with Crippen LogP contribution in [0, 0.1) is 0 Å². The van der Waals surface area contributed by atoms with Crippen molar-refractivity contribution in [2.24, 2.45) is 0 Å². The predicted molar refractivity (Wildman–Crippen MR) is 114 cm³/mol. The van der Waals surface area contributed by atoms with E-state index in [0.717, 1.165) is 12.1 Å². The zero-order chi connectivity index (χ0) is 25.6. The second kappa shape index (κ2) is 8.96. The third-order valence-electron chi connectivity index (χ3n) is 5.43. The van der Waals surface area contributed by atoms with Gasteiger partial charge in [-0.1, -0.05) is 0 Å². The van der Waals surface area contributed by atoms with Crippen molar-refractivity contribution in [3.05, 3.63) is 40.6 Å². The van der Waals surface area contributed by atoms with Gasteiger partial charge < -0.3 is 54.4 Å². The van der Waals surface area contributed by atoms with Crippen molar-refractivity contribution in [2.45, 2.75) is 30.7 Å². The van der Waals surface area contributed by atoms with Crippen LogP contribution in [0.15, 0.2) is 39.5 Å². The minimum Gasteiger partial charge on any atom is -0.507 e. The number of benzene rings is 2. The molecule has 2 heterocycles. The first-order valence-electron chi connectivity index (χ1n) is 10.0. The molecule has 1 aliphatic heterocycles. The summed E-state index contributed by atoms with van der Waals surface area (Å²) in [4.78, 5) is 24.1. The second-order valence-electron chi connectivity index (χ2n) is 7.66. The van der Waals surface area contributed by atoms with Gasteiger partial charge in [0.25, 0.3) is 0 Å². The molecule has 4 rings (SSSR count). The molecule has 0 radical (unpaired) electrons. The van der Waals surface area contributed by atoms with E-state index in [1.165, 1.54) is 25.3 Å². The summed E-state index contributed by atoms with van der Waals surface area (Å²) >= 11 is 0. The van der Waals surface area contributed by atoms with Crippen molar-refractivity contribution in [1.29, 1.82) is 0 Å². The van der Waals surface area contributed by atoms with Crippen LogP contribution in [0.5, 0.6) is 28.7 Å². The molecule has 13 nitrogen and oxygen atoms in total. The van der Waals surface area contributed by atoms with E-state index < -0.39 is 70.3 Å². The number of rotatable bonds is 5. The van der Waals surface area contributed by atoms with Crippen molar-refractivity contribution in [3.63, 3.8) is 0 Å². The van der Waals surface area contributed by atoms with Crippen LogP contribution in [0.2, 0.25) is 0 Å². The normalized spacial score (nSPS) is 24.3. The summed E-state index contributed by atoms with van der Waals surface area (Å²) in [7, 11) is 1.34. The Kier molecular flexibility index (Phi) is 6.17. The summed E-state index contributed by atoms with van der Waals surface area (Å²) < 4.78 is 21.1. The van der Waals surface area contributed by atoms with Gasteiger partial charge >= 0.3 is 5.97 Å². The van der Waals surface area contributed by atoms with Crippen LogP contribution in [0.1, 0.15) is 0 Å². The Morgan fingerprint density at radius 2 is 1.66 bits per heavy atom. The number of aromatic hydroxyl groups is 3. The smallest absolute Gasteiger partial charge is 0.335 e. The number of phenols is 3. The summed E-state index contributed by atoms with van der Waals surface area (Å²) in [6.45, 7) is 0. The summed E-state index contributed by atoms with van der Waals surface area (Å²) in [6, 6.07) is 5.85. The fourth-order valence-corrected chi connectivity index (χ4v) is 3.64. The monoisotopic (exact) mass is 492 g/mol. The fourth-order valence-electron chi connectivity index (χ4n) is 3.64. The molecule has 5 atom stereocenters. The number of hydrogen-bond donors (Lipinski definition) is 7. The maximum Gasteiger partial charge on any atom is 0.335 e. The Labute approximate surface area is 195 Å². The van der Waals surface area contributed by atoms with E-state index in [0.29, 0.717) is 0 Å². The van der Waals surface area contributed by atoms with Crippen molar-refractivity contribution in [2.75, 3.05) is 7.11 Å². The van der Waals surface area contributed by atoms with Gasteiger partial charge in [-0.25, -0.2) is 4.79 Å². The number of aliphatic hydroxyl groups excluding tert-OH is 3. The van der Waals surface area contributed by atoms with Crippen molar-refractivity contribution >= 4 is 16.9 Å². The molecule has 13 heteroatoms. The lowest BCUT2D eigenvalue weighted by Crippen LogP contribution is -2.61. The third kappa shape index (κ3) is 4.17. The Bertz CT molecular complexity index is 1350. The van der Waals surface area contributed by atoms with Gasteiger partial charge in [0.2, 0.25) is 12.0 Å². The first-order valence-corrected chi connectivity index (χ1v) is 10.0. The highest BCUT2D eigenvalue weighted by Gasteiger charge is 2.48. The second-order valence-corrected chi connectivity index (χ2v) is 7.66. The number of aliphatic carboxylic acids is 1. The van der Waals surface area contributed by atoms with Gasteiger partial charge in [0.05, 0.1) is 7.11 Å². The molecule has 0 amide bonds. The Morgan fingerprint density at radius 3 is 2.29 bits per heavy atom. The number of hydrogen-bond acceptors (Lipinski definition) is 12. The van der Waals surface area contributed by atoms with E-state index in [-0.39, 0.29) is 22.8 Å². The molecule has 1 aliphatic rings. The largest absolute Gasteiger partial charge is 0.507 e. The lowest BCUT2D eigenvalue weighted by Gasteiger charge is -2.38. The highest BCUT2D eigenvalue weighted by Crippen LogP contribution is 2.42. The van der Waals surface area contributed by atoms with Gasteiger partial charge in [-0.2, -0.15) is 0 Å². The van der Waals surface area contributed by atoms with Crippen molar-refractivity contribution in [1.82, 2.24) is 0 Å². The standard InChI is InChI=1S/C22H20O13/c1-32-12-3-2-7(4-8(12)23)13-6-10(25)14-9(24)5-11(26)18(19(14)33-13)34-22-17(29)15(27)16(28)20(35-22)21(30)31/h2-6,15-17,20,22-24,26-29H,1H3,(H,30,31)/t15-,16-,17+,20+,22+/m1/s1. The first kappa shape index (κ1) is 24.1. The molecule has 1 saturated heterocycles. The number of phenolic OH excluding ortho intramolecular Hbond substituents is 3. The van der Waals surface area contributed by atoms with E-state index in [4.69, 9.17) is 18.6 Å². The number of carboxylic acids is 1. The molecule has 186 valence electrons. The highest BCUT2D eigenvalue weighted by atomic mass is 16.7. The van der Waals surface area contributed by atoms with Gasteiger partial charge in [-0.15, -0.1) is 0 Å². The zero-order valence-corrected chi connectivity index (χ0v) is 17.9. The molecule has 1 aromatic heterocycles. The third-order valence-corrected chi connectivity index (χ3v) is 5.43. The number of aliphatic hydroxyl groups is 3. The minimum absolute atomic E-state index is 0.126. The molecule has 2 aromatic carbocycles. The summed E-state index contributed by atoms with van der Waals surface area (Å²) in [6.07, 6.45) is -9.89. The Hall–Kier alpha value is -4.04. The van der Waals surface area contributed by atoms with Crippen LogP contribution >= 0.6 is 0 Å². The number of ether oxygens (including phenoxy) is 3. The Balaban J connectivity index is 1.84. The van der Waals surface area contributed by atoms with Gasteiger partial charge in [-0.05, 0) is 18.2 Å². The molecule has 0 aliphatic carbocycles. The molecule has 1 fully saturated rings. The van der Waals surface area contributed by atoms with E-state index in [9.17, 15) is 45.3 Å². The van der Waals surface area contributed by atoms with Crippen molar-refractivity contribution in [3.8, 4) is 40.1 Å². The first-order chi connectivity index (χ1) is 16.5. The topological polar surface area (TPSA) is 217 Å². The van der Waals surface area contributed by atoms with Crippen LogP contribution < -0.4 is 14.9 Å². The summed E-state index contributed by atoms with van der Waals surface area (Å²) in [5, 5.41) is 69.5. The van der Waals surface area contributed by atoms with Crippen LogP contribution in [-0.4, -0.2) is 79.5 Å². The van der Waals surface area contributed by atoms with Gasteiger partial charge in [0.1, 0.15) is 35.2 Å². The SMILES string of the molecule is COc1ccc(-c2cc(=O)c3c(O)cc(O)c(O[C@H]4O[C@H](C(=O)O)[C@H](O)[C@@H](O)[C@@H]4O)c3o2)cc1O. The lowest BCUT2D eigenvalue weighted by atomic mass is 9.99. The molecular formula is C22H20O13. The summed E-state index contributed by atoms with van der Waals surface area (Å²) in [5.41, 5.74) is -1.08. The van der Waals surface area contributed by atoms with E-state index in [1.54, 1.807) is 0 Å². The fraction of sp³-hybridized carbons (Fsp3) is 0.273. The molecule has 0 bridgehead atoms. The maximum atomic E-state index is 12.8. The number of carbonyl (C=O) groups is 1. The molecule has 0 saturated carbocycles. The van der Waals surface area contributed by atoms with Gasteiger partial charge in [0.15, 0.2) is 34.4 Å². The van der Waals surface area contributed by atoms with Crippen LogP contribution in [0.3, 0.4) is 0 Å². The van der Waals surface area contributed by atoms with E-state index in [1.807, 2.05) is 0 Å². The molecule has 0 spiro atoms. The van der Waals surface area contributed by atoms with Gasteiger partial charge in [-0.3, -0.25) is 4.79 Å². The molecule has 7 N–H and O–H groups in total. The van der Waals surface area contributed by atoms with Crippen LogP contribution in [0.4, 0.5) is 0 Å².